The van der Waals surface area contributed by atoms with Crippen LogP contribution in [-0.4, -0.2) is 101 Å². The SMILES string of the molecule is CC(C)C[C@H](NC(=O)[C@H](Cc1cc(F)c(F)cc1F)NC(=O)[C@@H](N)CO)C(=O)N[C@@H](CC(C)C)C(=O)N[C@@H](CC(N)=O)C(=O)N1CCC[C@H]1C(N)=O. The molecule has 19 heteroatoms. The summed E-state index contributed by atoms with van der Waals surface area (Å²) in [6.45, 7) is 6.26. The highest BCUT2D eigenvalue weighted by atomic mass is 19.2. The summed E-state index contributed by atoms with van der Waals surface area (Å²) in [5, 5.41) is 19.0. The van der Waals surface area contributed by atoms with Gasteiger partial charge in [0, 0.05) is 19.0 Å². The predicted octanol–water partition coefficient (Wildman–Crippen LogP) is -1.65. The van der Waals surface area contributed by atoms with Crippen molar-refractivity contribution in [2.45, 2.75) is 102 Å². The average Bonchev–Trinajstić information content (AvgIpc) is 3.55. The fourth-order valence-electron chi connectivity index (χ4n) is 5.66. The highest BCUT2D eigenvalue weighted by Gasteiger charge is 2.39. The average molecular weight is 743 g/mol. The van der Waals surface area contributed by atoms with E-state index in [-0.39, 0.29) is 37.3 Å². The lowest BCUT2D eigenvalue weighted by Crippen LogP contribution is -2.60. The van der Waals surface area contributed by atoms with Crippen molar-refractivity contribution in [1.82, 2.24) is 26.2 Å². The van der Waals surface area contributed by atoms with E-state index in [2.05, 4.69) is 21.3 Å². The maximum Gasteiger partial charge on any atom is 0.246 e. The van der Waals surface area contributed by atoms with Crippen LogP contribution in [0.3, 0.4) is 0 Å². The molecule has 1 aromatic rings. The molecule has 0 aliphatic carbocycles. The van der Waals surface area contributed by atoms with E-state index in [9.17, 15) is 51.8 Å². The Morgan fingerprint density at radius 2 is 1.25 bits per heavy atom. The summed E-state index contributed by atoms with van der Waals surface area (Å²) >= 11 is 0. The summed E-state index contributed by atoms with van der Waals surface area (Å²) in [7, 11) is 0. The van der Waals surface area contributed by atoms with Crippen LogP contribution in [0.1, 0.15) is 65.4 Å². The molecule has 1 heterocycles. The number of benzene rings is 1. The van der Waals surface area contributed by atoms with Gasteiger partial charge in [-0.25, -0.2) is 13.2 Å². The lowest BCUT2D eigenvalue weighted by Gasteiger charge is -2.30. The number of hydrogen-bond donors (Lipinski definition) is 8. The van der Waals surface area contributed by atoms with Crippen LogP contribution in [0.4, 0.5) is 13.2 Å². The molecule has 0 unspecified atom stereocenters. The van der Waals surface area contributed by atoms with Gasteiger partial charge in [-0.15, -0.1) is 0 Å². The van der Waals surface area contributed by atoms with E-state index in [0.717, 1.165) is 4.90 Å². The van der Waals surface area contributed by atoms with Gasteiger partial charge in [0.1, 0.15) is 42.1 Å². The van der Waals surface area contributed by atoms with Crippen LogP contribution in [0.25, 0.3) is 0 Å². The summed E-state index contributed by atoms with van der Waals surface area (Å²) < 4.78 is 42.1. The number of halogens is 3. The normalized spacial score (nSPS) is 17.1. The molecule has 6 atom stereocenters. The maximum absolute atomic E-state index is 14.6. The molecule has 2 rings (SSSR count). The second-order valence-electron chi connectivity index (χ2n) is 13.6. The lowest BCUT2D eigenvalue weighted by molar-refractivity contribution is -0.142. The first kappa shape index (κ1) is 43.4. The number of nitrogens with one attached hydrogen (secondary N) is 4. The summed E-state index contributed by atoms with van der Waals surface area (Å²) in [6.07, 6.45) is -0.571. The molecular formula is C33H49F3N8O8. The first-order valence-corrected chi connectivity index (χ1v) is 16.8. The smallest absolute Gasteiger partial charge is 0.246 e. The molecular weight excluding hydrogens is 693 g/mol. The van der Waals surface area contributed by atoms with E-state index in [0.29, 0.717) is 18.9 Å². The van der Waals surface area contributed by atoms with E-state index < -0.39 is 120 Å². The molecule has 1 aliphatic heterocycles. The number of carbonyl (C=O) groups is 7. The Balaban J connectivity index is 2.37. The quantitative estimate of drug-likeness (QED) is 0.0754. The van der Waals surface area contributed by atoms with Gasteiger partial charge in [-0.2, -0.15) is 0 Å². The first-order valence-electron chi connectivity index (χ1n) is 16.8. The number of aliphatic hydroxyl groups is 1. The second kappa shape index (κ2) is 19.7. The number of rotatable bonds is 19. The molecule has 0 aromatic heterocycles. The first-order chi connectivity index (χ1) is 24.2. The molecule has 0 bridgehead atoms. The molecule has 11 N–H and O–H groups in total. The molecule has 0 saturated carbocycles. The van der Waals surface area contributed by atoms with Gasteiger partial charge in [0.05, 0.1) is 13.0 Å². The van der Waals surface area contributed by atoms with Crippen LogP contribution < -0.4 is 38.5 Å². The van der Waals surface area contributed by atoms with Crippen LogP contribution in [0.15, 0.2) is 12.1 Å². The molecule has 1 fully saturated rings. The summed E-state index contributed by atoms with van der Waals surface area (Å²) in [5.41, 5.74) is 15.8. The second-order valence-corrected chi connectivity index (χ2v) is 13.6. The molecule has 1 aromatic carbocycles. The van der Waals surface area contributed by atoms with Gasteiger partial charge in [0.25, 0.3) is 0 Å². The number of hydrogen-bond acceptors (Lipinski definition) is 9. The third-order valence-corrected chi connectivity index (χ3v) is 8.24. The lowest BCUT2D eigenvalue weighted by atomic mass is 9.98. The van der Waals surface area contributed by atoms with E-state index in [4.69, 9.17) is 17.2 Å². The van der Waals surface area contributed by atoms with Gasteiger partial charge in [0.2, 0.25) is 41.4 Å². The molecule has 290 valence electrons. The highest BCUT2D eigenvalue weighted by Crippen LogP contribution is 2.20. The maximum atomic E-state index is 14.6. The van der Waals surface area contributed by atoms with Gasteiger partial charge < -0.3 is 48.5 Å². The highest BCUT2D eigenvalue weighted by molar-refractivity contribution is 5.98. The topological polar surface area (TPSA) is 269 Å². The zero-order chi connectivity index (χ0) is 39.4. The van der Waals surface area contributed by atoms with E-state index in [1.165, 1.54) is 0 Å². The van der Waals surface area contributed by atoms with Gasteiger partial charge in [-0.05, 0) is 49.1 Å². The molecule has 16 nitrogen and oxygen atoms in total. The third kappa shape index (κ3) is 12.8. The fraction of sp³-hybridized carbons (Fsp3) is 0.606. The van der Waals surface area contributed by atoms with Gasteiger partial charge >= 0.3 is 0 Å². The minimum absolute atomic E-state index is 0.0177. The summed E-state index contributed by atoms with van der Waals surface area (Å²) in [4.78, 5) is 91.8. The largest absolute Gasteiger partial charge is 0.394 e. The van der Waals surface area contributed by atoms with Crippen molar-refractivity contribution in [2.24, 2.45) is 29.0 Å². The van der Waals surface area contributed by atoms with E-state index in [1.54, 1.807) is 27.7 Å². The molecule has 7 amide bonds. The number of nitrogens with two attached hydrogens (primary N) is 3. The predicted molar refractivity (Wildman–Crippen MR) is 179 cm³/mol. The standard InChI is InChI=1S/C33H49F3N8O8/c1-15(2)8-22(42-32(51)24(40-29(48)21(37)14-45)11-17-10-19(35)20(36)12-18(17)34)30(49)41-23(9-16(3)4)31(50)43-25(13-27(38)46)33(52)44-7-5-6-26(44)28(39)47/h10,12,15-16,21-26,45H,5-9,11,13-14,37H2,1-4H3,(H2,38,46)(H2,39,47)(H,40,48)(H,41,49)(H,42,51)(H,43,50)/t21-,22-,23-,24-,25-,26-/m0/s1. The van der Waals surface area contributed by atoms with Crippen LogP contribution in [0.2, 0.25) is 0 Å². The van der Waals surface area contributed by atoms with Gasteiger partial charge in [-0.3, -0.25) is 33.6 Å². The Bertz CT molecular complexity index is 1500. The molecule has 52 heavy (non-hydrogen) atoms. The van der Waals surface area contributed by atoms with Crippen molar-refractivity contribution in [1.29, 1.82) is 0 Å². The zero-order valence-electron chi connectivity index (χ0n) is 29.5. The fourth-order valence-corrected chi connectivity index (χ4v) is 5.66. The molecule has 0 radical (unpaired) electrons. The van der Waals surface area contributed by atoms with Crippen LogP contribution in [-0.2, 0) is 40.0 Å². The Morgan fingerprint density at radius 3 is 1.73 bits per heavy atom. The number of primary amides is 2. The number of nitrogens with zero attached hydrogens (tertiary/aromatic N) is 1. The van der Waals surface area contributed by atoms with Crippen molar-refractivity contribution < 1.29 is 51.8 Å². The van der Waals surface area contributed by atoms with E-state index in [1.807, 2.05) is 0 Å². The van der Waals surface area contributed by atoms with E-state index >= 15 is 0 Å². The van der Waals surface area contributed by atoms with Gasteiger partial charge in [0.15, 0.2) is 11.6 Å². The minimum atomic E-state index is -1.70. The van der Waals surface area contributed by atoms with Gasteiger partial charge in [-0.1, -0.05) is 27.7 Å². The zero-order valence-corrected chi connectivity index (χ0v) is 29.5. The number of amides is 7. The van der Waals surface area contributed by atoms with Crippen LogP contribution in [0.5, 0.6) is 0 Å². The number of aliphatic hydroxyl groups excluding tert-OH is 1. The van der Waals surface area contributed by atoms with Crippen molar-refractivity contribution >= 4 is 41.4 Å². The molecule has 0 spiro atoms. The van der Waals surface area contributed by atoms with Crippen LogP contribution >= 0.6 is 0 Å². The van der Waals surface area contributed by atoms with Crippen molar-refractivity contribution in [3.05, 3.63) is 35.1 Å². The van der Waals surface area contributed by atoms with Crippen LogP contribution in [0, 0.1) is 29.3 Å². The Morgan fingerprint density at radius 1 is 0.769 bits per heavy atom. The van der Waals surface area contributed by atoms with Crippen molar-refractivity contribution in [3.63, 3.8) is 0 Å². The monoisotopic (exact) mass is 742 g/mol. The Kier molecular flexibility index (Phi) is 16.5. The molecule has 1 aliphatic rings. The molecule has 1 saturated heterocycles. The number of likely N-dealkylation sites (tertiary alicyclic amines) is 1. The Labute approximate surface area is 299 Å². The van der Waals surface area contributed by atoms with Crippen molar-refractivity contribution in [2.75, 3.05) is 13.2 Å². The minimum Gasteiger partial charge on any atom is -0.394 e. The third-order valence-electron chi connectivity index (χ3n) is 8.24. The Hall–Kier alpha value is -4.78. The summed E-state index contributed by atoms with van der Waals surface area (Å²) in [5.74, 6) is -10.9. The van der Waals surface area contributed by atoms with Crippen molar-refractivity contribution in [3.8, 4) is 0 Å². The summed E-state index contributed by atoms with van der Waals surface area (Å²) in [6, 6.07) is -7.57. The number of carbonyl (C=O) groups excluding carboxylic acids is 7.